The third-order valence-electron chi connectivity index (χ3n) is 6.38. The zero-order chi connectivity index (χ0) is 22.0. The Hall–Kier alpha value is -3.13. The average Bonchev–Trinajstić information content (AvgIpc) is 3.51. The van der Waals surface area contributed by atoms with Crippen molar-refractivity contribution in [1.29, 1.82) is 0 Å². The van der Waals surface area contributed by atoms with Crippen LogP contribution < -0.4 is 16.4 Å². The normalized spacial score (nSPS) is 20.2. The van der Waals surface area contributed by atoms with Crippen molar-refractivity contribution in [2.24, 2.45) is 22.4 Å². The predicted molar refractivity (Wildman–Crippen MR) is 121 cm³/mol. The van der Waals surface area contributed by atoms with Gasteiger partial charge in [-0.3, -0.25) is 0 Å². The van der Waals surface area contributed by atoms with Gasteiger partial charge in [-0.05, 0) is 49.7 Å². The standard InChI is InChI=1S/C23H30N6O2/c1-15(25)26-14-17(13-24)16-3-5-18(6-4-16)23(2,19-7-8-19)21-27-22(31-28-21)29-11-9-20(30)10-12-29/h3-6,13-14,19-20,30H,1,7-12,24-25H2,2H3/b17-13+,26-14-/t23-/m0/s1. The molecular formula is C23H30N6O2. The summed E-state index contributed by atoms with van der Waals surface area (Å²) >= 11 is 0. The third-order valence-corrected chi connectivity index (χ3v) is 6.38. The van der Waals surface area contributed by atoms with E-state index in [0.29, 0.717) is 17.8 Å². The lowest BCUT2D eigenvalue weighted by Crippen LogP contribution is -2.36. The van der Waals surface area contributed by atoms with Crippen molar-refractivity contribution in [3.05, 3.63) is 59.8 Å². The molecule has 1 aromatic heterocycles. The average molecular weight is 423 g/mol. The number of piperidine rings is 1. The highest BCUT2D eigenvalue weighted by atomic mass is 16.5. The smallest absolute Gasteiger partial charge is 0.324 e. The van der Waals surface area contributed by atoms with Gasteiger partial charge in [-0.2, -0.15) is 4.98 Å². The van der Waals surface area contributed by atoms with Crippen LogP contribution in [0.25, 0.3) is 5.57 Å². The minimum Gasteiger partial charge on any atom is -0.404 e. The Bertz CT molecular complexity index is 984. The molecule has 0 bridgehead atoms. The summed E-state index contributed by atoms with van der Waals surface area (Å²) in [6, 6.07) is 8.77. The van der Waals surface area contributed by atoms with Crippen molar-refractivity contribution < 1.29 is 9.63 Å². The van der Waals surface area contributed by atoms with E-state index in [1.165, 1.54) is 6.20 Å². The Morgan fingerprint density at radius 2 is 1.94 bits per heavy atom. The summed E-state index contributed by atoms with van der Waals surface area (Å²) in [5.41, 5.74) is 13.8. The molecule has 8 nitrogen and oxygen atoms in total. The monoisotopic (exact) mass is 422 g/mol. The van der Waals surface area contributed by atoms with E-state index in [4.69, 9.17) is 21.0 Å². The van der Waals surface area contributed by atoms with Crippen LogP contribution in [0.1, 0.15) is 49.6 Å². The number of allylic oxidation sites excluding steroid dienone is 1. The van der Waals surface area contributed by atoms with E-state index in [2.05, 4.69) is 40.7 Å². The van der Waals surface area contributed by atoms with Gasteiger partial charge in [-0.1, -0.05) is 36.0 Å². The van der Waals surface area contributed by atoms with Crippen LogP contribution in [0.3, 0.4) is 0 Å². The molecule has 1 aromatic carbocycles. The Labute approximate surface area is 182 Å². The first-order chi connectivity index (χ1) is 14.9. The quantitative estimate of drug-likeness (QED) is 0.585. The lowest BCUT2D eigenvalue weighted by atomic mass is 9.76. The van der Waals surface area contributed by atoms with E-state index < -0.39 is 0 Å². The molecule has 1 saturated heterocycles. The van der Waals surface area contributed by atoms with Gasteiger partial charge in [0.25, 0.3) is 0 Å². The van der Waals surface area contributed by atoms with Gasteiger partial charge in [0.1, 0.15) is 5.82 Å². The Morgan fingerprint density at radius 3 is 2.52 bits per heavy atom. The number of nitrogens with zero attached hydrogens (tertiary/aromatic N) is 4. The Kier molecular flexibility index (Phi) is 5.82. The van der Waals surface area contributed by atoms with Crippen LogP contribution in [0.4, 0.5) is 6.01 Å². The van der Waals surface area contributed by atoms with Crippen LogP contribution in [0.5, 0.6) is 0 Å². The zero-order valence-corrected chi connectivity index (χ0v) is 17.9. The van der Waals surface area contributed by atoms with Gasteiger partial charge in [0.2, 0.25) is 0 Å². The van der Waals surface area contributed by atoms with Crippen LogP contribution in [0.15, 0.2) is 52.4 Å². The van der Waals surface area contributed by atoms with Crippen molar-refractivity contribution >= 4 is 17.8 Å². The Balaban J connectivity index is 1.60. The maximum absolute atomic E-state index is 9.75. The largest absolute Gasteiger partial charge is 0.404 e. The summed E-state index contributed by atoms with van der Waals surface area (Å²) in [7, 11) is 0. The number of aliphatic hydroxyl groups is 1. The molecule has 1 aliphatic heterocycles. The molecular weight excluding hydrogens is 392 g/mol. The second-order valence-electron chi connectivity index (χ2n) is 8.54. The highest BCUT2D eigenvalue weighted by Gasteiger charge is 2.47. The molecule has 1 saturated carbocycles. The SMILES string of the molecule is C=C(N)/N=C\C(=C/N)c1ccc([C@](C)(c2noc(N3CCC(O)CC3)n2)C2CC2)cc1. The number of aliphatic imine (C=N–C) groups is 1. The molecule has 164 valence electrons. The number of aliphatic hydroxyl groups excluding tert-OH is 1. The lowest BCUT2D eigenvalue weighted by Gasteiger charge is -2.28. The summed E-state index contributed by atoms with van der Waals surface area (Å²) in [6.45, 7) is 7.21. The zero-order valence-electron chi connectivity index (χ0n) is 17.9. The van der Waals surface area contributed by atoms with Gasteiger partial charge in [-0.15, -0.1) is 0 Å². The van der Waals surface area contributed by atoms with Crippen molar-refractivity contribution in [2.45, 2.75) is 44.1 Å². The topological polar surface area (TPSA) is 127 Å². The van der Waals surface area contributed by atoms with E-state index in [1.807, 2.05) is 12.1 Å². The van der Waals surface area contributed by atoms with Crippen molar-refractivity contribution in [3.63, 3.8) is 0 Å². The van der Waals surface area contributed by atoms with Gasteiger partial charge in [0.05, 0.1) is 11.5 Å². The molecule has 1 atom stereocenters. The molecule has 2 fully saturated rings. The van der Waals surface area contributed by atoms with E-state index in [1.54, 1.807) is 6.21 Å². The molecule has 1 aliphatic carbocycles. The lowest BCUT2D eigenvalue weighted by molar-refractivity contribution is 0.143. The van der Waals surface area contributed by atoms with Crippen LogP contribution in [0.2, 0.25) is 0 Å². The number of aromatic nitrogens is 2. The van der Waals surface area contributed by atoms with Gasteiger partial charge in [-0.25, -0.2) is 4.99 Å². The maximum atomic E-state index is 9.75. The highest BCUT2D eigenvalue weighted by Crippen LogP contribution is 2.50. The molecule has 8 heteroatoms. The number of hydrogen-bond acceptors (Lipinski definition) is 8. The molecule has 31 heavy (non-hydrogen) atoms. The molecule has 2 heterocycles. The van der Waals surface area contributed by atoms with Crippen LogP contribution in [-0.2, 0) is 5.41 Å². The number of hydrogen-bond donors (Lipinski definition) is 3. The second kappa shape index (κ2) is 8.55. The van der Waals surface area contributed by atoms with Crippen molar-refractivity contribution in [1.82, 2.24) is 10.1 Å². The minimum absolute atomic E-state index is 0.230. The van der Waals surface area contributed by atoms with Gasteiger partial charge in [0, 0.05) is 31.1 Å². The number of benzene rings is 1. The number of anilines is 1. The number of rotatable bonds is 7. The summed E-state index contributed by atoms with van der Waals surface area (Å²) in [4.78, 5) is 10.9. The fraction of sp³-hybridized carbons (Fsp3) is 0.435. The molecule has 5 N–H and O–H groups in total. The first-order valence-corrected chi connectivity index (χ1v) is 10.7. The van der Waals surface area contributed by atoms with Gasteiger partial charge in [0.15, 0.2) is 5.82 Å². The maximum Gasteiger partial charge on any atom is 0.324 e. The molecule has 2 aromatic rings. The molecule has 4 rings (SSSR count). The molecule has 0 amide bonds. The summed E-state index contributed by atoms with van der Waals surface area (Å²) in [6.07, 6.45) is 6.58. The first kappa shape index (κ1) is 21.1. The van der Waals surface area contributed by atoms with E-state index in [9.17, 15) is 5.11 Å². The molecule has 0 unspecified atom stereocenters. The second-order valence-corrected chi connectivity index (χ2v) is 8.54. The highest BCUT2D eigenvalue weighted by molar-refractivity contribution is 6.09. The van der Waals surface area contributed by atoms with E-state index >= 15 is 0 Å². The predicted octanol–water partition coefficient (Wildman–Crippen LogP) is 2.55. The van der Waals surface area contributed by atoms with Crippen LogP contribution in [-0.4, -0.2) is 40.7 Å². The molecule has 2 aliphatic rings. The molecule has 0 spiro atoms. The minimum atomic E-state index is -0.332. The fourth-order valence-corrected chi connectivity index (χ4v) is 4.20. The van der Waals surface area contributed by atoms with Gasteiger partial charge >= 0.3 is 6.01 Å². The Morgan fingerprint density at radius 1 is 1.26 bits per heavy atom. The van der Waals surface area contributed by atoms with Crippen LogP contribution in [0, 0.1) is 5.92 Å². The third kappa shape index (κ3) is 4.34. The summed E-state index contributed by atoms with van der Waals surface area (Å²) < 4.78 is 5.64. The van der Waals surface area contributed by atoms with Crippen molar-refractivity contribution in [3.8, 4) is 0 Å². The summed E-state index contributed by atoms with van der Waals surface area (Å²) in [5, 5.41) is 14.1. The fourth-order valence-electron chi connectivity index (χ4n) is 4.20. The van der Waals surface area contributed by atoms with E-state index in [-0.39, 0.29) is 17.3 Å². The molecule has 0 radical (unpaired) electrons. The number of nitrogens with two attached hydrogens (primary N) is 2. The summed E-state index contributed by atoms with van der Waals surface area (Å²) in [5.74, 6) is 1.41. The van der Waals surface area contributed by atoms with Crippen LogP contribution >= 0.6 is 0 Å². The van der Waals surface area contributed by atoms with Crippen molar-refractivity contribution in [2.75, 3.05) is 18.0 Å². The van der Waals surface area contributed by atoms with E-state index in [0.717, 1.165) is 55.5 Å². The van der Waals surface area contributed by atoms with Gasteiger partial charge < -0.3 is 26.0 Å². The first-order valence-electron chi connectivity index (χ1n) is 10.7.